The van der Waals surface area contributed by atoms with Crippen molar-refractivity contribution in [3.05, 3.63) is 40.5 Å². The number of hydrogen-bond donors (Lipinski definition) is 2. The van der Waals surface area contributed by atoms with E-state index in [1.165, 1.54) is 42.4 Å². The Bertz CT molecular complexity index is 805. The van der Waals surface area contributed by atoms with Gasteiger partial charge in [0.2, 0.25) is 0 Å². The van der Waals surface area contributed by atoms with Gasteiger partial charge in [0.05, 0.1) is 5.60 Å². The van der Waals surface area contributed by atoms with Crippen molar-refractivity contribution < 1.29 is 10.2 Å². The third-order valence-corrected chi connectivity index (χ3v) is 8.88. The van der Waals surface area contributed by atoms with Crippen LogP contribution in [-0.4, -0.2) is 15.8 Å². The number of aliphatic hydroxyl groups is 1. The molecule has 1 saturated carbocycles. The lowest BCUT2D eigenvalue weighted by atomic mass is 9.60. The van der Waals surface area contributed by atoms with Gasteiger partial charge in [0, 0.05) is 0 Å². The lowest BCUT2D eigenvalue weighted by Gasteiger charge is -2.45. The Kier molecular flexibility index (Phi) is 6.10. The van der Waals surface area contributed by atoms with Crippen molar-refractivity contribution in [2.45, 2.75) is 109 Å². The molecular formula is C28H42O2. The number of aromatic hydroxyl groups is 1. The van der Waals surface area contributed by atoms with E-state index < -0.39 is 5.60 Å². The van der Waals surface area contributed by atoms with Gasteiger partial charge in [-0.2, -0.15) is 0 Å². The van der Waals surface area contributed by atoms with Gasteiger partial charge < -0.3 is 10.2 Å². The summed E-state index contributed by atoms with van der Waals surface area (Å²) in [6.45, 7) is 11.1. The minimum atomic E-state index is -0.520. The van der Waals surface area contributed by atoms with Crippen molar-refractivity contribution in [2.24, 2.45) is 17.8 Å². The lowest BCUT2D eigenvalue weighted by Crippen LogP contribution is -2.36. The maximum Gasteiger partial charge on any atom is 0.119 e. The molecule has 0 radical (unpaired) electrons. The SMILES string of the molecule is CC(C)c1cc2c(cc1O)C1CCC[C@H](C)C1C[C@H]2CC1=CCC(O)(C(C)C)CC1. The van der Waals surface area contributed by atoms with Gasteiger partial charge in [-0.25, -0.2) is 0 Å². The molecule has 0 spiro atoms. The molecule has 2 nitrogen and oxygen atoms in total. The second-order valence-corrected chi connectivity index (χ2v) is 11.3. The van der Waals surface area contributed by atoms with Crippen LogP contribution in [0.15, 0.2) is 23.8 Å². The van der Waals surface area contributed by atoms with Gasteiger partial charge in [-0.15, -0.1) is 0 Å². The molecule has 30 heavy (non-hydrogen) atoms. The second kappa shape index (κ2) is 8.34. The van der Waals surface area contributed by atoms with E-state index >= 15 is 0 Å². The molecule has 0 heterocycles. The lowest BCUT2D eigenvalue weighted by molar-refractivity contribution is -0.0145. The molecule has 1 fully saturated rings. The highest BCUT2D eigenvalue weighted by Gasteiger charge is 2.41. The van der Waals surface area contributed by atoms with E-state index in [9.17, 15) is 10.2 Å². The quantitative estimate of drug-likeness (QED) is 0.507. The van der Waals surface area contributed by atoms with Gasteiger partial charge in [0.1, 0.15) is 5.75 Å². The van der Waals surface area contributed by atoms with Gasteiger partial charge in [-0.1, -0.05) is 65.2 Å². The Morgan fingerprint density at radius 3 is 2.50 bits per heavy atom. The van der Waals surface area contributed by atoms with Gasteiger partial charge in [-0.05, 0) is 96.8 Å². The van der Waals surface area contributed by atoms with Gasteiger partial charge in [0.25, 0.3) is 0 Å². The minimum absolute atomic E-state index is 0.311. The topological polar surface area (TPSA) is 40.5 Å². The molecule has 0 amide bonds. The molecule has 2 heteroatoms. The summed E-state index contributed by atoms with van der Waals surface area (Å²) < 4.78 is 0. The summed E-state index contributed by atoms with van der Waals surface area (Å²) in [6.07, 6.45) is 11.4. The molecule has 166 valence electrons. The Labute approximate surface area is 183 Å². The molecule has 0 aliphatic heterocycles. The monoisotopic (exact) mass is 410 g/mol. The van der Waals surface area contributed by atoms with Gasteiger partial charge in [-0.3, -0.25) is 0 Å². The van der Waals surface area contributed by atoms with Crippen molar-refractivity contribution in [1.29, 1.82) is 0 Å². The second-order valence-electron chi connectivity index (χ2n) is 11.3. The van der Waals surface area contributed by atoms with E-state index in [1.54, 1.807) is 0 Å². The highest BCUT2D eigenvalue weighted by molar-refractivity contribution is 5.48. The number of benzene rings is 1. The standard InChI is InChI=1S/C28H42O2/c1-17(2)23-15-25-21(13-20-9-11-28(30,12-10-20)18(3)4)14-24-19(5)7-6-8-22(24)26(25)16-27(23)29/h9,15-19,21-22,24,29-30H,6-8,10-14H2,1-5H3/t19-,21+,22?,24?,28?/m0/s1. The first-order valence-corrected chi connectivity index (χ1v) is 12.5. The Morgan fingerprint density at radius 2 is 1.87 bits per heavy atom. The fourth-order valence-electron chi connectivity index (χ4n) is 6.62. The van der Waals surface area contributed by atoms with Gasteiger partial charge in [0.15, 0.2) is 0 Å². The Balaban J connectivity index is 1.66. The molecule has 3 aliphatic carbocycles. The number of rotatable bonds is 4. The number of allylic oxidation sites excluding steroid dienone is 1. The van der Waals surface area contributed by atoms with E-state index in [-0.39, 0.29) is 0 Å². The summed E-state index contributed by atoms with van der Waals surface area (Å²) in [5, 5.41) is 21.6. The predicted octanol–water partition coefficient (Wildman–Crippen LogP) is 7.41. The molecule has 1 aromatic carbocycles. The number of phenolic OH excluding ortho intramolecular Hbond substituents is 1. The van der Waals surface area contributed by atoms with Crippen LogP contribution in [0.1, 0.15) is 120 Å². The fourth-order valence-corrected chi connectivity index (χ4v) is 6.62. The van der Waals surface area contributed by atoms with Crippen molar-refractivity contribution >= 4 is 0 Å². The van der Waals surface area contributed by atoms with Crippen LogP contribution in [0.4, 0.5) is 0 Å². The average molecular weight is 411 g/mol. The highest BCUT2D eigenvalue weighted by atomic mass is 16.3. The molecule has 3 aliphatic rings. The predicted molar refractivity (Wildman–Crippen MR) is 125 cm³/mol. The van der Waals surface area contributed by atoms with Crippen molar-refractivity contribution in [3.63, 3.8) is 0 Å². The van der Waals surface area contributed by atoms with Crippen molar-refractivity contribution in [1.82, 2.24) is 0 Å². The molecule has 0 saturated heterocycles. The summed E-state index contributed by atoms with van der Waals surface area (Å²) in [5.41, 5.74) is 5.08. The van der Waals surface area contributed by atoms with Crippen LogP contribution in [0.5, 0.6) is 5.75 Å². The van der Waals surface area contributed by atoms with E-state index in [4.69, 9.17) is 0 Å². The molecule has 2 N–H and O–H groups in total. The zero-order valence-corrected chi connectivity index (χ0v) is 19.7. The summed E-state index contributed by atoms with van der Waals surface area (Å²) in [4.78, 5) is 0. The highest BCUT2D eigenvalue weighted by Crippen LogP contribution is 2.54. The maximum absolute atomic E-state index is 10.9. The number of phenols is 1. The van der Waals surface area contributed by atoms with Crippen LogP contribution < -0.4 is 0 Å². The van der Waals surface area contributed by atoms with Crippen LogP contribution in [0.3, 0.4) is 0 Å². The number of fused-ring (bicyclic) bond motifs is 3. The smallest absolute Gasteiger partial charge is 0.119 e. The van der Waals surface area contributed by atoms with E-state index in [2.05, 4.69) is 52.8 Å². The molecule has 5 atom stereocenters. The first kappa shape index (κ1) is 21.9. The van der Waals surface area contributed by atoms with Crippen LogP contribution >= 0.6 is 0 Å². The molecule has 0 bridgehead atoms. The third kappa shape index (κ3) is 3.97. The molecule has 0 aromatic heterocycles. The van der Waals surface area contributed by atoms with Crippen molar-refractivity contribution in [3.8, 4) is 5.75 Å². The van der Waals surface area contributed by atoms with E-state index in [0.717, 1.165) is 43.1 Å². The Hall–Kier alpha value is -1.28. The first-order valence-electron chi connectivity index (χ1n) is 12.5. The van der Waals surface area contributed by atoms with E-state index in [1.807, 2.05) is 0 Å². The normalized spacial score (nSPS) is 33.9. The molecule has 4 rings (SSSR count). The van der Waals surface area contributed by atoms with Crippen molar-refractivity contribution in [2.75, 3.05) is 0 Å². The maximum atomic E-state index is 10.9. The van der Waals surface area contributed by atoms with Crippen LogP contribution in [0.25, 0.3) is 0 Å². The largest absolute Gasteiger partial charge is 0.508 e. The molecular weight excluding hydrogens is 368 g/mol. The van der Waals surface area contributed by atoms with Crippen LogP contribution in [-0.2, 0) is 0 Å². The van der Waals surface area contributed by atoms with Gasteiger partial charge >= 0.3 is 0 Å². The summed E-state index contributed by atoms with van der Waals surface area (Å²) in [5.74, 6) is 3.85. The summed E-state index contributed by atoms with van der Waals surface area (Å²) >= 11 is 0. The average Bonchev–Trinajstić information content (AvgIpc) is 2.70. The third-order valence-electron chi connectivity index (χ3n) is 8.88. The summed E-state index contributed by atoms with van der Waals surface area (Å²) in [6, 6.07) is 4.49. The minimum Gasteiger partial charge on any atom is -0.508 e. The molecule has 1 aromatic rings. The zero-order chi connectivity index (χ0) is 21.6. The van der Waals surface area contributed by atoms with E-state index in [0.29, 0.717) is 29.4 Å². The van der Waals surface area contributed by atoms with Crippen LogP contribution in [0.2, 0.25) is 0 Å². The van der Waals surface area contributed by atoms with Crippen LogP contribution in [0, 0.1) is 17.8 Å². The number of hydrogen-bond acceptors (Lipinski definition) is 2. The summed E-state index contributed by atoms with van der Waals surface area (Å²) in [7, 11) is 0. The fraction of sp³-hybridized carbons (Fsp3) is 0.714. The Morgan fingerprint density at radius 1 is 1.10 bits per heavy atom. The first-order chi connectivity index (χ1) is 14.2. The zero-order valence-electron chi connectivity index (χ0n) is 19.7. The molecule has 3 unspecified atom stereocenters.